The Bertz CT molecular complexity index is 982. The first-order valence-corrected chi connectivity index (χ1v) is 9.74. The summed E-state index contributed by atoms with van der Waals surface area (Å²) in [6.07, 6.45) is 0.650. The smallest absolute Gasteiger partial charge is 0.339 e. The number of amides is 1. The lowest BCUT2D eigenvalue weighted by Gasteiger charge is -2.16. The fourth-order valence-electron chi connectivity index (χ4n) is 3.09. The van der Waals surface area contributed by atoms with Gasteiger partial charge in [-0.25, -0.2) is 4.79 Å². The molecule has 0 heterocycles. The summed E-state index contributed by atoms with van der Waals surface area (Å²) in [5.41, 5.74) is 4.28. The second-order valence-corrected chi connectivity index (χ2v) is 6.99. The number of nitrogens with one attached hydrogen (secondary N) is 1. The van der Waals surface area contributed by atoms with Gasteiger partial charge in [0, 0.05) is 5.69 Å². The Morgan fingerprint density at radius 2 is 1.52 bits per heavy atom. The number of anilines is 1. The molecule has 0 radical (unpaired) electrons. The number of rotatable bonds is 7. The summed E-state index contributed by atoms with van der Waals surface area (Å²) in [5, 5.41) is 2.81. The molecular weight excluding hydrogens is 362 g/mol. The van der Waals surface area contributed by atoms with Crippen molar-refractivity contribution in [3.05, 3.63) is 101 Å². The number of hydrogen-bond acceptors (Lipinski definition) is 3. The molecule has 29 heavy (non-hydrogen) atoms. The lowest BCUT2D eigenvalue weighted by Crippen LogP contribution is -2.30. The quantitative estimate of drug-likeness (QED) is 0.583. The van der Waals surface area contributed by atoms with Crippen molar-refractivity contribution in [2.24, 2.45) is 0 Å². The average Bonchev–Trinajstić information content (AvgIpc) is 2.74. The Morgan fingerprint density at radius 3 is 2.28 bits per heavy atom. The molecule has 0 aliphatic carbocycles. The molecule has 3 aromatic rings. The van der Waals surface area contributed by atoms with Crippen LogP contribution in [0.3, 0.4) is 0 Å². The van der Waals surface area contributed by atoms with E-state index in [0.29, 0.717) is 11.3 Å². The van der Waals surface area contributed by atoms with Crippen molar-refractivity contribution >= 4 is 17.6 Å². The maximum absolute atomic E-state index is 12.7. The second kappa shape index (κ2) is 9.69. The molecule has 4 nitrogen and oxygen atoms in total. The van der Waals surface area contributed by atoms with Gasteiger partial charge in [0.05, 0.1) is 5.56 Å². The molecule has 0 aliphatic heterocycles. The molecule has 0 fully saturated rings. The number of esters is 1. The van der Waals surface area contributed by atoms with E-state index in [2.05, 4.69) is 17.4 Å². The fraction of sp³-hybridized carbons (Fsp3) is 0.200. The van der Waals surface area contributed by atoms with Crippen LogP contribution in [0.15, 0.2) is 78.9 Å². The van der Waals surface area contributed by atoms with E-state index in [1.807, 2.05) is 61.5 Å². The van der Waals surface area contributed by atoms with Crippen LogP contribution >= 0.6 is 0 Å². The van der Waals surface area contributed by atoms with Gasteiger partial charge in [0.25, 0.3) is 5.91 Å². The van der Waals surface area contributed by atoms with Crippen LogP contribution in [0.4, 0.5) is 5.69 Å². The van der Waals surface area contributed by atoms with Gasteiger partial charge in [-0.15, -0.1) is 0 Å². The Labute approximate surface area is 171 Å². The first-order valence-electron chi connectivity index (χ1n) is 9.74. The Kier molecular flexibility index (Phi) is 6.80. The lowest BCUT2D eigenvalue weighted by atomic mass is 10.00. The van der Waals surface area contributed by atoms with E-state index in [0.717, 1.165) is 24.0 Å². The van der Waals surface area contributed by atoms with Crippen molar-refractivity contribution in [1.29, 1.82) is 0 Å². The van der Waals surface area contributed by atoms with Gasteiger partial charge in [-0.3, -0.25) is 4.79 Å². The van der Waals surface area contributed by atoms with Gasteiger partial charge in [0.1, 0.15) is 0 Å². The molecule has 3 aromatic carbocycles. The molecule has 0 spiro atoms. The number of hydrogen-bond donors (Lipinski definition) is 1. The summed E-state index contributed by atoms with van der Waals surface area (Å²) in [7, 11) is 0. The number of para-hydroxylation sites is 1. The minimum atomic E-state index is -0.899. The van der Waals surface area contributed by atoms with E-state index in [4.69, 9.17) is 4.74 Å². The third-order valence-electron chi connectivity index (χ3n) is 4.82. The van der Waals surface area contributed by atoms with Crippen LogP contribution < -0.4 is 5.32 Å². The molecule has 1 N–H and O–H groups in total. The average molecular weight is 387 g/mol. The Morgan fingerprint density at radius 1 is 0.862 bits per heavy atom. The number of ether oxygens (including phenoxy) is 1. The molecule has 1 amide bonds. The minimum absolute atomic E-state index is 0.352. The summed E-state index contributed by atoms with van der Waals surface area (Å²) >= 11 is 0. The van der Waals surface area contributed by atoms with Gasteiger partial charge < -0.3 is 10.1 Å². The predicted molar refractivity (Wildman–Crippen MR) is 115 cm³/mol. The first-order chi connectivity index (χ1) is 14.0. The van der Waals surface area contributed by atoms with Crippen molar-refractivity contribution in [1.82, 2.24) is 0 Å². The third kappa shape index (κ3) is 5.55. The maximum atomic E-state index is 12.7. The highest BCUT2D eigenvalue weighted by Gasteiger charge is 2.21. The molecule has 1 unspecified atom stereocenters. The predicted octanol–water partition coefficient (Wildman–Crippen LogP) is 4.96. The van der Waals surface area contributed by atoms with Crippen molar-refractivity contribution < 1.29 is 14.3 Å². The van der Waals surface area contributed by atoms with Crippen LogP contribution in [0.25, 0.3) is 0 Å². The summed E-state index contributed by atoms with van der Waals surface area (Å²) in [6, 6.07) is 25.0. The first kappa shape index (κ1) is 20.3. The normalized spacial score (nSPS) is 11.5. The summed E-state index contributed by atoms with van der Waals surface area (Å²) in [4.78, 5) is 25.1. The van der Waals surface area contributed by atoms with Gasteiger partial charge in [0.15, 0.2) is 6.10 Å². The minimum Gasteiger partial charge on any atom is -0.449 e. The highest BCUT2D eigenvalue weighted by Crippen LogP contribution is 2.17. The zero-order valence-corrected chi connectivity index (χ0v) is 16.7. The maximum Gasteiger partial charge on any atom is 0.339 e. The van der Waals surface area contributed by atoms with E-state index in [-0.39, 0.29) is 5.91 Å². The van der Waals surface area contributed by atoms with E-state index >= 15 is 0 Å². The number of aryl methyl sites for hydroxylation is 3. The molecule has 1 atom stereocenters. The molecule has 0 saturated carbocycles. The van der Waals surface area contributed by atoms with Crippen LogP contribution in [-0.4, -0.2) is 18.0 Å². The van der Waals surface area contributed by atoms with Crippen LogP contribution in [0.1, 0.15) is 34.0 Å². The number of carbonyl (C=O) groups is 2. The molecule has 148 valence electrons. The fourth-order valence-corrected chi connectivity index (χ4v) is 3.09. The van der Waals surface area contributed by atoms with Crippen molar-refractivity contribution in [3.8, 4) is 0 Å². The third-order valence-corrected chi connectivity index (χ3v) is 4.82. The zero-order chi connectivity index (χ0) is 20.6. The molecule has 3 rings (SSSR count). The molecular formula is C25H25NO3. The molecule has 0 bridgehead atoms. The van der Waals surface area contributed by atoms with Crippen LogP contribution in [0, 0.1) is 6.92 Å². The zero-order valence-electron chi connectivity index (χ0n) is 16.7. The number of benzene rings is 3. The molecule has 0 aromatic heterocycles. The summed E-state index contributed by atoms with van der Waals surface area (Å²) < 4.78 is 5.45. The highest BCUT2D eigenvalue weighted by atomic mass is 16.5. The van der Waals surface area contributed by atoms with Gasteiger partial charge in [-0.1, -0.05) is 66.7 Å². The van der Waals surface area contributed by atoms with Gasteiger partial charge in [-0.05, 0) is 55.5 Å². The monoisotopic (exact) mass is 387 g/mol. The SMILES string of the molecule is Cc1ccccc1NC(=O)C(C)OC(=O)c1ccccc1CCc1ccccc1. The van der Waals surface area contributed by atoms with Crippen molar-refractivity contribution in [2.45, 2.75) is 32.8 Å². The van der Waals surface area contributed by atoms with Crippen LogP contribution in [-0.2, 0) is 22.4 Å². The van der Waals surface area contributed by atoms with Crippen LogP contribution in [0.5, 0.6) is 0 Å². The Hall–Kier alpha value is -3.40. The lowest BCUT2D eigenvalue weighted by molar-refractivity contribution is -0.123. The Balaban J connectivity index is 1.64. The van der Waals surface area contributed by atoms with E-state index in [1.165, 1.54) is 5.56 Å². The largest absolute Gasteiger partial charge is 0.449 e. The molecule has 0 aliphatic rings. The van der Waals surface area contributed by atoms with E-state index < -0.39 is 12.1 Å². The second-order valence-electron chi connectivity index (χ2n) is 6.99. The number of carbonyl (C=O) groups excluding carboxylic acids is 2. The highest BCUT2D eigenvalue weighted by molar-refractivity contribution is 5.98. The van der Waals surface area contributed by atoms with Gasteiger partial charge in [0.2, 0.25) is 0 Å². The van der Waals surface area contributed by atoms with Crippen LogP contribution in [0.2, 0.25) is 0 Å². The summed E-state index contributed by atoms with van der Waals surface area (Å²) in [5.74, 6) is -0.837. The summed E-state index contributed by atoms with van der Waals surface area (Å²) in [6.45, 7) is 3.49. The molecule has 0 saturated heterocycles. The van der Waals surface area contributed by atoms with Crippen molar-refractivity contribution in [2.75, 3.05) is 5.32 Å². The van der Waals surface area contributed by atoms with Gasteiger partial charge >= 0.3 is 5.97 Å². The van der Waals surface area contributed by atoms with Gasteiger partial charge in [-0.2, -0.15) is 0 Å². The topological polar surface area (TPSA) is 55.4 Å². The molecule has 4 heteroatoms. The standard InChI is InChI=1S/C25H25NO3/c1-18-10-6-9-15-23(18)26-24(27)19(2)29-25(28)22-14-8-7-13-21(22)17-16-20-11-4-3-5-12-20/h3-15,19H,16-17H2,1-2H3,(H,26,27). The van der Waals surface area contributed by atoms with Crippen molar-refractivity contribution in [3.63, 3.8) is 0 Å². The van der Waals surface area contributed by atoms with E-state index in [1.54, 1.807) is 19.1 Å². The van der Waals surface area contributed by atoms with E-state index in [9.17, 15) is 9.59 Å².